The van der Waals surface area contributed by atoms with E-state index in [9.17, 15) is 9.59 Å². The van der Waals surface area contributed by atoms with Gasteiger partial charge >= 0.3 is 0 Å². The van der Waals surface area contributed by atoms with Crippen LogP contribution in [0.2, 0.25) is 0 Å². The van der Waals surface area contributed by atoms with E-state index in [1.165, 1.54) is 0 Å². The molecule has 0 aliphatic carbocycles. The fourth-order valence-electron chi connectivity index (χ4n) is 2.35. The third-order valence-electron chi connectivity index (χ3n) is 3.55. The molecule has 0 radical (unpaired) electrons. The Balaban J connectivity index is 1.90. The Labute approximate surface area is 129 Å². The van der Waals surface area contributed by atoms with Gasteiger partial charge in [-0.2, -0.15) is 0 Å². The van der Waals surface area contributed by atoms with Crippen molar-refractivity contribution in [2.24, 2.45) is 11.7 Å². The van der Waals surface area contributed by atoms with Crippen LogP contribution < -0.4 is 16.4 Å². The number of amides is 2. The largest absolute Gasteiger partial charge is 0.393 e. The number of nitrogens with one attached hydrogen (secondary N) is 2. The molecule has 0 spiro atoms. The van der Waals surface area contributed by atoms with Crippen molar-refractivity contribution in [2.45, 2.75) is 25.3 Å². The summed E-state index contributed by atoms with van der Waals surface area (Å²) in [5.41, 5.74) is 6.71. The van der Waals surface area contributed by atoms with Crippen molar-refractivity contribution in [3.05, 3.63) is 35.9 Å². The third-order valence-corrected chi connectivity index (χ3v) is 3.83. The molecule has 2 unspecified atom stereocenters. The number of benzene rings is 1. The summed E-state index contributed by atoms with van der Waals surface area (Å²) < 4.78 is 0. The van der Waals surface area contributed by atoms with Gasteiger partial charge in [-0.15, -0.1) is 0 Å². The lowest BCUT2D eigenvalue weighted by atomic mass is 9.98. The van der Waals surface area contributed by atoms with Crippen molar-refractivity contribution >= 4 is 29.0 Å². The SMILES string of the molecule is NC(=S)C(Cc1ccccc1)C(=O)NCC1CCC(=O)N1. The summed E-state index contributed by atoms with van der Waals surface area (Å²) in [5, 5.41) is 5.63. The summed E-state index contributed by atoms with van der Waals surface area (Å²) in [7, 11) is 0. The first kappa shape index (κ1) is 15.4. The molecule has 1 aromatic carbocycles. The average molecular weight is 305 g/mol. The van der Waals surface area contributed by atoms with Gasteiger partial charge in [0.25, 0.3) is 0 Å². The molecule has 2 rings (SSSR count). The van der Waals surface area contributed by atoms with E-state index in [0.717, 1.165) is 12.0 Å². The van der Waals surface area contributed by atoms with Crippen molar-refractivity contribution in [2.75, 3.05) is 6.54 Å². The smallest absolute Gasteiger partial charge is 0.230 e. The monoisotopic (exact) mass is 305 g/mol. The molecular weight excluding hydrogens is 286 g/mol. The fraction of sp³-hybridized carbons (Fsp3) is 0.400. The van der Waals surface area contributed by atoms with Crippen LogP contribution in [0.5, 0.6) is 0 Å². The molecule has 21 heavy (non-hydrogen) atoms. The van der Waals surface area contributed by atoms with E-state index >= 15 is 0 Å². The number of thiocarbonyl (C=S) groups is 1. The molecule has 2 atom stereocenters. The summed E-state index contributed by atoms with van der Waals surface area (Å²) in [4.78, 5) is 23.5. The van der Waals surface area contributed by atoms with E-state index in [1.54, 1.807) is 0 Å². The maximum absolute atomic E-state index is 12.2. The van der Waals surface area contributed by atoms with Crippen LogP contribution in [-0.2, 0) is 16.0 Å². The number of nitrogens with two attached hydrogens (primary N) is 1. The second kappa shape index (κ2) is 7.17. The molecule has 5 nitrogen and oxygen atoms in total. The number of rotatable bonds is 6. The highest BCUT2D eigenvalue weighted by Crippen LogP contribution is 2.10. The molecule has 1 aliphatic heterocycles. The van der Waals surface area contributed by atoms with Crippen molar-refractivity contribution in [1.29, 1.82) is 0 Å². The molecule has 1 aliphatic rings. The van der Waals surface area contributed by atoms with E-state index < -0.39 is 5.92 Å². The number of carbonyl (C=O) groups excluding carboxylic acids is 2. The average Bonchev–Trinajstić information content (AvgIpc) is 2.89. The molecule has 6 heteroatoms. The minimum atomic E-state index is -0.528. The quantitative estimate of drug-likeness (QED) is 0.669. The van der Waals surface area contributed by atoms with Gasteiger partial charge in [0, 0.05) is 19.0 Å². The van der Waals surface area contributed by atoms with Gasteiger partial charge in [-0.1, -0.05) is 42.5 Å². The minimum absolute atomic E-state index is 0.00479. The van der Waals surface area contributed by atoms with Gasteiger partial charge in [-0.25, -0.2) is 0 Å². The Morgan fingerprint density at radius 3 is 2.71 bits per heavy atom. The van der Waals surface area contributed by atoms with E-state index in [1.807, 2.05) is 30.3 Å². The first-order valence-corrected chi connectivity index (χ1v) is 7.37. The first-order valence-electron chi connectivity index (χ1n) is 6.96. The summed E-state index contributed by atoms with van der Waals surface area (Å²) in [6, 6.07) is 9.63. The second-order valence-electron chi connectivity index (χ2n) is 5.19. The predicted octanol–water partition coefficient (Wildman–Crippen LogP) is 0.526. The topological polar surface area (TPSA) is 84.2 Å². The van der Waals surface area contributed by atoms with Gasteiger partial charge in [0.15, 0.2) is 0 Å². The van der Waals surface area contributed by atoms with Gasteiger partial charge < -0.3 is 16.4 Å². The molecule has 1 saturated heterocycles. The van der Waals surface area contributed by atoms with E-state index in [2.05, 4.69) is 10.6 Å². The molecule has 0 saturated carbocycles. The van der Waals surface area contributed by atoms with Crippen LogP contribution in [0.4, 0.5) is 0 Å². The standard InChI is InChI=1S/C15H19N3O2S/c16-14(21)12(8-10-4-2-1-3-5-10)15(20)17-9-11-6-7-13(19)18-11/h1-5,11-12H,6-9H2,(H2,16,21)(H,17,20)(H,18,19). The second-order valence-corrected chi connectivity index (χ2v) is 5.66. The molecule has 2 amide bonds. The Bertz CT molecular complexity index is 533. The zero-order chi connectivity index (χ0) is 15.2. The van der Waals surface area contributed by atoms with E-state index in [4.69, 9.17) is 18.0 Å². The van der Waals surface area contributed by atoms with Gasteiger partial charge in [-0.05, 0) is 18.4 Å². The van der Waals surface area contributed by atoms with Crippen molar-refractivity contribution < 1.29 is 9.59 Å². The molecule has 112 valence electrons. The Morgan fingerprint density at radius 1 is 1.43 bits per heavy atom. The maximum atomic E-state index is 12.2. The summed E-state index contributed by atoms with van der Waals surface area (Å²) >= 11 is 5.01. The summed E-state index contributed by atoms with van der Waals surface area (Å²) in [5.74, 6) is -0.684. The maximum Gasteiger partial charge on any atom is 0.230 e. The minimum Gasteiger partial charge on any atom is -0.393 e. The highest BCUT2D eigenvalue weighted by atomic mass is 32.1. The van der Waals surface area contributed by atoms with Crippen LogP contribution >= 0.6 is 12.2 Å². The zero-order valence-electron chi connectivity index (χ0n) is 11.7. The summed E-state index contributed by atoms with van der Waals surface area (Å²) in [6.07, 6.45) is 1.75. The normalized spacial score (nSPS) is 18.9. The molecule has 1 aromatic rings. The van der Waals surface area contributed by atoms with Gasteiger partial charge in [0.2, 0.25) is 11.8 Å². The highest BCUT2D eigenvalue weighted by Gasteiger charge is 2.25. The number of carbonyl (C=O) groups is 2. The molecule has 1 heterocycles. The Morgan fingerprint density at radius 2 is 2.14 bits per heavy atom. The molecule has 1 fully saturated rings. The van der Waals surface area contributed by atoms with Crippen LogP contribution in [0.3, 0.4) is 0 Å². The van der Waals surface area contributed by atoms with Crippen molar-refractivity contribution in [1.82, 2.24) is 10.6 Å². The summed E-state index contributed by atoms with van der Waals surface area (Å²) in [6.45, 7) is 0.415. The molecule has 0 aromatic heterocycles. The van der Waals surface area contributed by atoms with Crippen LogP contribution in [-0.4, -0.2) is 29.4 Å². The van der Waals surface area contributed by atoms with Crippen molar-refractivity contribution in [3.8, 4) is 0 Å². The lowest BCUT2D eigenvalue weighted by molar-refractivity contribution is -0.123. The fourth-order valence-corrected chi connectivity index (χ4v) is 2.54. The van der Waals surface area contributed by atoms with Crippen molar-refractivity contribution in [3.63, 3.8) is 0 Å². The zero-order valence-corrected chi connectivity index (χ0v) is 12.5. The van der Waals surface area contributed by atoms with Gasteiger partial charge in [0.05, 0.1) is 10.9 Å². The van der Waals surface area contributed by atoms with Gasteiger partial charge in [-0.3, -0.25) is 9.59 Å². The lowest BCUT2D eigenvalue weighted by Gasteiger charge is -2.17. The van der Waals surface area contributed by atoms with Crippen LogP contribution in [0.15, 0.2) is 30.3 Å². The van der Waals surface area contributed by atoms with Crippen LogP contribution in [0, 0.1) is 5.92 Å². The van der Waals surface area contributed by atoms with E-state index in [-0.39, 0.29) is 22.8 Å². The molecule has 0 bridgehead atoms. The lowest BCUT2D eigenvalue weighted by Crippen LogP contribution is -2.44. The van der Waals surface area contributed by atoms with Crippen LogP contribution in [0.25, 0.3) is 0 Å². The number of hydrogen-bond acceptors (Lipinski definition) is 3. The third kappa shape index (κ3) is 4.53. The number of hydrogen-bond donors (Lipinski definition) is 3. The molecular formula is C15H19N3O2S. The van der Waals surface area contributed by atoms with Gasteiger partial charge in [0.1, 0.15) is 0 Å². The van der Waals surface area contributed by atoms with Crippen LogP contribution in [0.1, 0.15) is 18.4 Å². The Hall–Kier alpha value is -1.95. The van der Waals surface area contributed by atoms with E-state index in [0.29, 0.717) is 19.4 Å². The predicted molar refractivity (Wildman–Crippen MR) is 84.6 cm³/mol. The first-order chi connectivity index (χ1) is 10.1. The Kier molecular flexibility index (Phi) is 5.27. The molecule has 4 N–H and O–H groups in total. The highest BCUT2D eigenvalue weighted by molar-refractivity contribution is 7.80.